The van der Waals surface area contributed by atoms with Gasteiger partial charge in [0.2, 0.25) is 0 Å². The van der Waals surface area contributed by atoms with Crippen LogP contribution in [0, 0.1) is 11.3 Å². The van der Waals surface area contributed by atoms with Crippen molar-refractivity contribution in [1.29, 1.82) is 5.26 Å². The molecule has 0 unspecified atom stereocenters. The first-order chi connectivity index (χ1) is 24.2. The second kappa shape index (κ2) is 10.6. The van der Waals surface area contributed by atoms with Crippen molar-refractivity contribution in [2.24, 2.45) is 0 Å². The van der Waals surface area contributed by atoms with Gasteiger partial charge >= 0.3 is 0 Å². The van der Waals surface area contributed by atoms with Gasteiger partial charge in [-0.25, -0.2) is 0 Å². The molecule has 10 rings (SSSR count). The molecule has 3 nitrogen and oxygen atoms in total. The van der Waals surface area contributed by atoms with Crippen LogP contribution in [0.25, 0.3) is 93.3 Å². The summed E-state index contributed by atoms with van der Waals surface area (Å²) in [7, 11) is 0. The summed E-state index contributed by atoms with van der Waals surface area (Å²) in [5, 5.41) is 19.5. The second-order valence-corrected chi connectivity index (χ2v) is 12.7. The van der Waals surface area contributed by atoms with E-state index < -0.39 is 0 Å². The number of fused-ring (bicyclic) bond motifs is 3. The smallest absolute Gasteiger partial charge is 0.0992 e. The van der Waals surface area contributed by atoms with Gasteiger partial charge in [-0.15, -0.1) is 0 Å². The molecular formula is C46H27N3. The summed E-state index contributed by atoms with van der Waals surface area (Å²) >= 11 is 0. The lowest BCUT2D eigenvalue weighted by Crippen LogP contribution is -1.93. The van der Waals surface area contributed by atoms with E-state index in [1.165, 1.54) is 48.8 Å². The van der Waals surface area contributed by atoms with Crippen LogP contribution in [0.5, 0.6) is 0 Å². The van der Waals surface area contributed by atoms with E-state index in [2.05, 4.69) is 149 Å². The van der Waals surface area contributed by atoms with Crippen molar-refractivity contribution in [3.63, 3.8) is 0 Å². The monoisotopic (exact) mass is 621 g/mol. The molecule has 0 saturated heterocycles. The fraction of sp³-hybridized carbons (Fsp3) is 0. The molecule has 10 aromatic rings. The number of benzene rings is 8. The molecule has 0 fully saturated rings. The van der Waals surface area contributed by atoms with Crippen molar-refractivity contribution in [2.75, 3.05) is 0 Å². The zero-order valence-electron chi connectivity index (χ0n) is 26.4. The van der Waals surface area contributed by atoms with Crippen molar-refractivity contribution < 1.29 is 0 Å². The van der Waals surface area contributed by atoms with E-state index in [4.69, 9.17) is 0 Å². The number of hydrogen-bond donors (Lipinski definition) is 0. The van der Waals surface area contributed by atoms with E-state index in [1.807, 2.05) is 30.5 Å². The van der Waals surface area contributed by atoms with Gasteiger partial charge in [-0.05, 0) is 97.0 Å². The molecule has 49 heavy (non-hydrogen) atoms. The highest BCUT2D eigenvalue weighted by molar-refractivity contribution is 6.27. The molecule has 8 aromatic carbocycles. The molecule has 2 aromatic heterocycles. The summed E-state index contributed by atoms with van der Waals surface area (Å²) in [6.07, 6.45) is 1.86. The van der Waals surface area contributed by atoms with E-state index in [9.17, 15) is 5.26 Å². The molecule has 0 atom stereocenters. The average Bonchev–Trinajstić information content (AvgIpc) is 3.50. The van der Waals surface area contributed by atoms with E-state index >= 15 is 0 Å². The normalized spacial score (nSPS) is 11.7. The molecule has 0 radical (unpaired) electrons. The largest absolute Gasteiger partial charge is 0.309 e. The number of aromatic nitrogens is 2. The summed E-state index contributed by atoms with van der Waals surface area (Å²) in [5.41, 5.74) is 10.8. The first-order valence-corrected chi connectivity index (χ1v) is 16.5. The fourth-order valence-electron chi connectivity index (χ4n) is 7.76. The van der Waals surface area contributed by atoms with Gasteiger partial charge < -0.3 is 4.57 Å². The molecule has 0 saturated carbocycles. The van der Waals surface area contributed by atoms with Gasteiger partial charge in [-0.3, -0.25) is 4.98 Å². The standard InChI is InChI=1S/C46H27N3/c47-28-29-9-19-38-39-22-18-34(27-44(39)49(43(38)26-29)35-6-2-1-3-7-35)30-10-12-31(13-11-30)36-20-14-32-17-24-41-37(42-8-4-5-25-48-42)21-15-33-16-23-40(36)45(32)46(33)41/h1-27H. The number of para-hydroxylation sites is 1. The molecule has 0 bridgehead atoms. The molecule has 0 aliphatic carbocycles. The lowest BCUT2D eigenvalue weighted by Gasteiger charge is -2.16. The zero-order valence-corrected chi connectivity index (χ0v) is 26.4. The Morgan fingerprint density at radius 2 is 1.06 bits per heavy atom. The van der Waals surface area contributed by atoms with Crippen LogP contribution >= 0.6 is 0 Å². The third-order valence-electron chi connectivity index (χ3n) is 10.0. The van der Waals surface area contributed by atoms with Crippen LogP contribution in [0.15, 0.2) is 164 Å². The Hall–Kier alpha value is -6.76. The maximum Gasteiger partial charge on any atom is 0.0992 e. The minimum atomic E-state index is 0.656. The van der Waals surface area contributed by atoms with Gasteiger partial charge in [0, 0.05) is 28.2 Å². The Morgan fingerprint density at radius 1 is 0.469 bits per heavy atom. The molecule has 0 aliphatic heterocycles. The highest BCUT2D eigenvalue weighted by Crippen LogP contribution is 2.42. The van der Waals surface area contributed by atoms with Gasteiger partial charge in [0.15, 0.2) is 0 Å². The van der Waals surface area contributed by atoms with Crippen molar-refractivity contribution >= 4 is 54.1 Å². The third-order valence-corrected chi connectivity index (χ3v) is 10.0. The van der Waals surface area contributed by atoms with Crippen molar-refractivity contribution in [3.8, 4) is 45.3 Å². The number of pyridine rings is 1. The minimum Gasteiger partial charge on any atom is -0.309 e. The van der Waals surface area contributed by atoms with Gasteiger partial charge in [-0.2, -0.15) is 5.26 Å². The summed E-state index contributed by atoms with van der Waals surface area (Å²) in [4.78, 5) is 4.67. The highest BCUT2D eigenvalue weighted by Gasteiger charge is 2.17. The van der Waals surface area contributed by atoms with E-state index in [0.717, 1.165) is 44.5 Å². The molecule has 0 spiro atoms. The van der Waals surface area contributed by atoms with E-state index in [0.29, 0.717) is 5.56 Å². The van der Waals surface area contributed by atoms with Crippen LogP contribution in [0.3, 0.4) is 0 Å². The number of nitrogens with zero attached hydrogens (tertiary/aromatic N) is 3. The molecule has 0 amide bonds. The van der Waals surface area contributed by atoms with Crippen LogP contribution in [-0.2, 0) is 0 Å². The SMILES string of the molecule is N#Cc1ccc2c3ccc(-c4ccc(-c5ccc6ccc7c(-c8ccccn8)ccc8ccc5c6c87)cc4)cc3n(-c3ccccc3)c2c1. The Labute approximate surface area is 282 Å². The Balaban J connectivity index is 1.10. The summed E-state index contributed by atoms with van der Waals surface area (Å²) < 4.78 is 2.27. The molecular weight excluding hydrogens is 595 g/mol. The first kappa shape index (κ1) is 27.4. The van der Waals surface area contributed by atoms with Crippen LogP contribution in [0.4, 0.5) is 0 Å². The maximum atomic E-state index is 9.65. The van der Waals surface area contributed by atoms with Gasteiger partial charge in [0.05, 0.1) is 28.4 Å². The Morgan fingerprint density at radius 3 is 1.78 bits per heavy atom. The van der Waals surface area contributed by atoms with Crippen LogP contribution in [-0.4, -0.2) is 9.55 Å². The Kier molecular flexibility index (Phi) is 5.94. The van der Waals surface area contributed by atoms with Gasteiger partial charge in [-0.1, -0.05) is 115 Å². The third kappa shape index (κ3) is 4.18. The van der Waals surface area contributed by atoms with Crippen molar-refractivity contribution in [1.82, 2.24) is 9.55 Å². The number of rotatable bonds is 4. The summed E-state index contributed by atoms with van der Waals surface area (Å²) in [5.74, 6) is 0. The van der Waals surface area contributed by atoms with E-state index in [1.54, 1.807) is 0 Å². The van der Waals surface area contributed by atoms with Crippen LogP contribution in [0.1, 0.15) is 5.56 Å². The minimum absolute atomic E-state index is 0.656. The lowest BCUT2D eigenvalue weighted by molar-refractivity contribution is 1.18. The highest BCUT2D eigenvalue weighted by atomic mass is 15.0. The molecule has 0 aliphatic rings. The van der Waals surface area contributed by atoms with Gasteiger partial charge in [0.1, 0.15) is 0 Å². The Bertz CT molecular complexity index is 2910. The summed E-state index contributed by atoms with van der Waals surface area (Å²) in [6, 6.07) is 58.4. The topological polar surface area (TPSA) is 41.6 Å². The van der Waals surface area contributed by atoms with Crippen LogP contribution < -0.4 is 0 Å². The van der Waals surface area contributed by atoms with Gasteiger partial charge in [0.25, 0.3) is 0 Å². The number of hydrogen-bond acceptors (Lipinski definition) is 2. The van der Waals surface area contributed by atoms with E-state index in [-0.39, 0.29) is 0 Å². The first-order valence-electron chi connectivity index (χ1n) is 16.5. The fourth-order valence-corrected chi connectivity index (χ4v) is 7.76. The predicted molar refractivity (Wildman–Crippen MR) is 203 cm³/mol. The average molecular weight is 622 g/mol. The molecule has 226 valence electrons. The molecule has 3 heteroatoms. The van der Waals surface area contributed by atoms with Crippen LogP contribution in [0.2, 0.25) is 0 Å². The lowest BCUT2D eigenvalue weighted by atomic mass is 9.87. The summed E-state index contributed by atoms with van der Waals surface area (Å²) in [6.45, 7) is 0. The maximum absolute atomic E-state index is 9.65. The number of nitriles is 1. The van der Waals surface area contributed by atoms with Crippen molar-refractivity contribution in [2.45, 2.75) is 0 Å². The quantitative estimate of drug-likeness (QED) is 0.184. The molecule has 2 heterocycles. The molecule has 0 N–H and O–H groups in total. The predicted octanol–water partition coefficient (Wildman–Crippen LogP) is 11.9. The van der Waals surface area contributed by atoms with Crippen molar-refractivity contribution in [3.05, 3.63) is 169 Å². The second-order valence-electron chi connectivity index (χ2n) is 12.7. The zero-order chi connectivity index (χ0) is 32.5.